The maximum Gasteiger partial charge on any atom is 0.0294 e. The van der Waals surface area contributed by atoms with Crippen LogP contribution in [0.5, 0.6) is 0 Å². The van der Waals surface area contributed by atoms with E-state index < -0.39 is 0 Å². The molecule has 3 fully saturated rings. The molecule has 0 amide bonds. The number of hydrogen-bond donors (Lipinski definition) is 0. The predicted molar refractivity (Wildman–Crippen MR) is 63.6 cm³/mol. The summed E-state index contributed by atoms with van der Waals surface area (Å²) in [4.78, 5) is 5.05. The van der Waals surface area contributed by atoms with Crippen molar-refractivity contribution in [3.05, 3.63) is 11.1 Å². The second kappa shape index (κ2) is 4.33. The van der Waals surface area contributed by atoms with Crippen LogP contribution in [0.3, 0.4) is 0 Å². The van der Waals surface area contributed by atoms with Gasteiger partial charge in [0.25, 0.3) is 0 Å². The largest absolute Gasteiger partial charge is 0.302 e. The van der Waals surface area contributed by atoms with Crippen molar-refractivity contribution in [2.75, 3.05) is 33.2 Å². The quantitative estimate of drug-likeness (QED) is 0.764. The van der Waals surface area contributed by atoms with E-state index in [-0.39, 0.29) is 0 Å². The Balaban J connectivity index is 1.94. The Morgan fingerprint density at radius 1 is 1.50 bits per heavy atom. The minimum atomic E-state index is 0.756. The molecule has 0 radical (unpaired) electrons. The van der Waals surface area contributed by atoms with Crippen LogP contribution >= 0.6 is 15.9 Å². The van der Waals surface area contributed by atoms with Gasteiger partial charge in [0.2, 0.25) is 0 Å². The normalized spacial score (nSPS) is 36.4. The first-order valence-electron chi connectivity index (χ1n) is 5.42. The van der Waals surface area contributed by atoms with Gasteiger partial charge in [-0.25, -0.2) is 0 Å². The molecule has 1 unspecified atom stereocenters. The van der Waals surface area contributed by atoms with Gasteiger partial charge >= 0.3 is 0 Å². The number of rotatable bonds is 3. The van der Waals surface area contributed by atoms with Gasteiger partial charge in [-0.1, -0.05) is 22.5 Å². The molecule has 14 heavy (non-hydrogen) atoms. The first-order chi connectivity index (χ1) is 6.66. The molecule has 2 nitrogen and oxygen atoms in total. The molecule has 3 aliphatic rings. The van der Waals surface area contributed by atoms with Crippen LogP contribution < -0.4 is 0 Å². The van der Waals surface area contributed by atoms with Crippen molar-refractivity contribution < 1.29 is 0 Å². The summed E-state index contributed by atoms with van der Waals surface area (Å²) in [5.74, 6) is 0.928. The lowest BCUT2D eigenvalue weighted by Gasteiger charge is -2.48. The molecule has 3 aliphatic heterocycles. The number of nitrogens with zero attached hydrogens (tertiary/aromatic N) is 2. The Morgan fingerprint density at radius 3 is 2.57 bits per heavy atom. The van der Waals surface area contributed by atoms with E-state index in [9.17, 15) is 0 Å². The van der Waals surface area contributed by atoms with Crippen molar-refractivity contribution in [2.24, 2.45) is 5.92 Å². The standard InChI is InChI=1S/C11H19BrN2/c1-9(12)7-13(2)11-8-14-5-3-10(11)4-6-14/h10-11H,1,3-8H2,2H3. The third-order valence-electron chi connectivity index (χ3n) is 3.61. The minimum Gasteiger partial charge on any atom is -0.302 e. The zero-order chi connectivity index (χ0) is 10.1. The highest BCUT2D eigenvalue weighted by atomic mass is 79.9. The lowest BCUT2D eigenvalue weighted by Crippen LogP contribution is -2.56. The molecule has 2 bridgehead atoms. The highest BCUT2D eigenvalue weighted by Crippen LogP contribution is 2.30. The Labute approximate surface area is 95.1 Å². The molecule has 0 aromatic heterocycles. The zero-order valence-corrected chi connectivity index (χ0v) is 10.5. The van der Waals surface area contributed by atoms with E-state index in [0.29, 0.717) is 0 Å². The Morgan fingerprint density at radius 2 is 2.14 bits per heavy atom. The molecule has 3 rings (SSSR count). The summed E-state index contributed by atoms with van der Waals surface area (Å²) in [5, 5.41) is 0. The zero-order valence-electron chi connectivity index (χ0n) is 8.88. The third kappa shape index (κ3) is 2.20. The summed E-state index contributed by atoms with van der Waals surface area (Å²) in [6.07, 6.45) is 2.79. The van der Waals surface area contributed by atoms with Gasteiger partial charge in [-0.15, -0.1) is 0 Å². The van der Waals surface area contributed by atoms with Crippen LogP contribution in [0.15, 0.2) is 11.1 Å². The fraction of sp³-hybridized carbons (Fsp3) is 0.818. The number of piperidine rings is 3. The molecule has 0 aliphatic carbocycles. The van der Waals surface area contributed by atoms with Gasteiger partial charge in [0.1, 0.15) is 0 Å². The van der Waals surface area contributed by atoms with Gasteiger partial charge in [0.15, 0.2) is 0 Å². The lowest BCUT2D eigenvalue weighted by atomic mass is 9.83. The predicted octanol–water partition coefficient (Wildman–Crippen LogP) is 1.92. The van der Waals surface area contributed by atoms with Gasteiger partial charge in [-0.05, 0) is 38.9 Å². The fourth-order valence-corrected chi connectivity index (χ4v) is 3.22. The molecule has 0 aromatic carbocycles. The first kappa shape index (κ1) is 10.7. The van der Waals surface area contributed by atoms with E-state index in [1.54, 1.807) is 0 Å². The highest BCUT2D eigenvalue weighted by Gasteiger charge is 2.35. The van der Waals surface area contributed by atoms with Gasteiger partial charge < -0.3 is 4.90 Å². The van der Waals surface area contributed by atoms with Crippen molar-refractivity contribution in [1.29, 1.82) is 0 Å². The number of fused-ring (bicyclic) bond motifs is 3. The van der Waals surface area contributed by atoms with Crippen molar-refractivity contribution in [3.8, 4) is 0 Å². The molecule has 80 valence electrons. The average Bonchev–Trinajstić information content (AvgIpc) is 2.18. The topological polar surface area (TPSA) is 6.48 Å². The summed E-state index contributed by atoms with van der Waals surface area (Å²) < 4.78 is 1.09. The second-order valence-electron chi connectivity index (χ2n) is 4.64. The monoisotopic (exact) mass is 258 g/mol. The molecule has 0 spiro atoms. The molecule has 0 aromatic rings. The van der Waals surface area contributed by atoms with Gasteiger partial charge in [-0.2, -0.15) is 0 Å². The average molecular weight is 259 g/mol. The van der Waals surface area contributed by atoms with Crippen LogP contribution in [0.4, 0.5) is 0 Å². The summed E-state index contributed by atoms with van der Waals surface area (Å²) in [6, 6.07) is 0.756. The third-order valence-corrected chi connectivity index (χ3v) is 3.86. The Kier molecular flexibility index (Phi) is 3.30. The van der Waals surface area contributed by atoms with Crippen LogP contribution in [0, 0.1) is 5.92 Å². The van der Waals surface area contributed by atoms with E-state index in [2.05, 4.69) is 39.4 Å². The van der Waals surface area contributed by atoms with Crippen LogP contribution in [0.25, 0.3) is 0 Å². The molecule has 0 saturated carbocycles. The molecule has 3 saturated heterocycles. The second-order valence-corrected chi connectivity index (χ2v) is 5.76. The van der Waals surface area contributed by atoms with E-state index >= 15 is 0 Å². The van der Waals surface area contributed by atoms with E-state index in [4.69, 9.17) is 0 Å². The van der Waals surface area contributed by atoms with E-state index in [1.807, 2.05) is 0 Å². The Bertz CT molecular complexity index is 221. The van der Waals surface area contributed by atoms with E-state index in [0.717, 1.165) is 23.0 Å². The number of likely N-dealkylation sites (N-methyl/N-ethyl adjacent to an activating group) is 1. The maximum atomic E-state index is 3.91. The fourth-order valence-electron chi connectivity index (χ4n) is 2.82. The van der Waals surface area contributed by atoms with Crippen molar-refractivity contribution >= 4 is 15.9 Å². The lowest BCUT2D eigenvalue weighted by molar-refractivity contribution is 0.0212. The summed E-state index contributed by atoms with van der Waals surface area (Å²) >= 11 is 3.44. The van der Waals surface area contributed by atoms with Crippen molar-refractivity contribution in [2.45, 2.75) is 18.9 Å². The number of halogens is 1. The smallest absolute Gasteiger partial charge is 0.0294 e. The first-order valence-corrected chi connectivity index (χ1v) is 6.22. The molecule has 3 heteroatoms. The molecular weight excluding hydrogens is 240 g/mol. The van der Waals surface area contributed by atoms with Crippen LogP contribution in [0.1, 0.15) is 12.8 Å². The minimum absolute atomic E-state index is 0.756. The van der Waals surface area contributed by atoms with Crippen molar-refractivity contribution in [3.63, 3.8) is 0 Å². The van der Waals surface area contributed by atoms with Crippen LogP contribution in [-0.2, 0) is 0 Å². The number of hydrogen-bond acceptors (Lipinski definition) is 2. The van der Waals surface area contributed by atoms with Gasteiger partial charge in [0, 0.05) is 23.6 Å². The van der Waals surface area contributed by atoms with Crippen molar-refractivity contribution in [1.82, 2.24) is 9.80 Å². The maximum absolute atomic E-state index is 3.91. The molecule has 0 N–H and O–H groups in total. The molecule has 1 atom stereocenters. The van der Waals surface area contributed by atoms with Gasteiger partial charge in [-0.3, -0.25) is 4.90 Å². The highest BCUT2D eigenvalue weighted by molar-refractivity contribution is 9.11. The summed E-state index contributed by atoms with van der Waals surface area (Å²) in [5.41, 5.74) is 0. The summed E-state index contributed by atoms with van der Waals surface area (Å²) in [7, 11) is 2.22. The Hall–Kier alpha value is 0.140. The summed E-state index contributed by atoms with van der Waals surface area (Å²) in [6.45, 7) is 8.81. The van der Waals surface area contributed by atoms with E-state index in [1.165, 1.54) is 32.5 Å². The molecular formula is C11H19BrN2. The molecule has 3 heterocycles. The SMILES string of the molecule is C=C(Br)CN(C)C1CN2CCC1CC2. The van der Waals surface area contributed by atoms with Crippen LogP contribution in [-0.4, -0.2) is 49.1 Å². The van der Waals surface area contributed by atoms with Crippen LogP contribution in [0.2, 0.25) is 0 Å². The van der Waals surface area contributed by atoms with Gasteiger partial charge in [0.05, 0.1) is 0 Å².